The van der Waals surface area contributed by atoms with Gasteiger partial charge in [-0.15, -0.1) is 0 Å². The summed E-state index contributed by atoms with van der Waals surface area (Å²) in [6.07, 6.45) is 0. The lowest BCUT2D eigenvalue weighted by atomic mass is 10.2. The fraction of sp³-hybridized carbons (Fsp3) is 0.250. The number of hydrogen-bond donors (Lipinski definition) is 0. The van der Waals surface area contributed by atoms with Gasteiger partial charge < -0.3 is 9.47 Å². The van der Waals surface area contributed by atoms with Gasteiger partial charge in [-0.25, -0.2) is 4.79 Å². The lowest BCUT2D eigenvalue weighted by Gasteiger charge is -2.09. The molecule has 0 spiro atoms. The molecule has 0 fully saturated rings. The molecular formula is C12H13N3O3. The standard InChI is InChI=1S/C12H13N3O3/c1-8(2)7-18-11-5-4-9(12(16)17-3)6-10(11)14-15-13/h4-6H,1,7H2,2-3H3. The molecule has 94 valence electrons. The van der Waals surface area contributed by atoms with Crippen molar-refractivity contribution in [3.8, 4) is 5.75 Å². The maximum atomic E-state index is 11.3. The van der Waals surface area contributed by atoms with E-state index < -0.39 is 5.97 Å². The largest absolute Gasteiger partial charge is 0.489 e. The lowest BCUT2D eigenvalue weighted by molar-refractivity contribution is 0.0600. The van der Waals surface area contributed by atoms with E-state index >= 15 is 0 Å². The fourth-order valence-corrected chi connectivity index (χ4v) is 1.21. The van der Waals surface area contributed by atoms with Gasteiger partial charge in [-0.1, -0.05) is 11.7 Å². The van der Waals surface area contributed by atoms with Crippen LogP contribution in [0, 0.1) is 0 Å². The SMILES string of the molecule is C=C(C)COc1ccc(C(=O)OC)cc1N=[N+]=[N-]. The van der Waals surface area contributed by atoms with E-state index in [-0.39, 0.29) is 5.69 Å². The third-order valence-corrected chi connectivity index (χ3v) is 2.01. The molecule has 6 heteroatoms. The van der Waals surface area contributed by atoms with Gasteiger partial charge in [0.15, 0.2) is 0 Å². The summed E-state index contributed by atoms with van der Waals surface area (Å²) in [6, 6.07) is 4.51. The van der Waals surface area contributed by atoms with Gasteiger partial charge in [0.05, 0.1) is 18.4 Å². The van der Waals surface area contributed by atoms with Crippen LogP contribution in [-0.2, 0) is 4.74 Å². The molecule has 6 nitrogen and oxygen atoms in total. The zero-order chi connectivity index (χ0) is 13.5. The zero-order valence-electron chi connectivity index (χ0n) is 10.2. The molecule has 1 aromatic rings. The van der Waals surface area contributed by atoms with Crippen molar-refractivity contribution in [1.82, 2.24) is 0 Å². The average Bonchev–Trinajstić information content (AvgIpc) is 2.36. The molecule has 0 unspecified atom stereocenters. The van der Waals surface area contributed by atoms with Crippen molar-refractivity contribution in [2.45, 2.75) is 6.92 Å². The maximum absolute atomic E-state index is 11.3. The first kappa shape index (κ1) is 13.6. The highest BCUT2D eigenvalue weighted by molar-refractivity contribution is 5.90. The Hall–Kier alpha value is -2.46. The van der Waals surface area contributed by atoms with Gasteiger partial charge in [0.1, 0.15) is 12.4 Å². The molecule has 0 aliphatic rings. The topological polar surface area (TPSA) is 84.3 Å². The number of rotatable bonds is 5. The molecule has 0 aromatic heterocycles. The van der Waals surface area contributed by atoms with Gasteiger partial charge in [0, 0.05) is 4.91 Å². The summed E-state index contributed by atoms with van der Waals surface area (Å²) in [6.45, 7) is 5.83. The molecule has 1 aromatic carbocycles. The van der Waals surface area contributed by atoms with Crippen molar-refractivity contribution in [3.05, 3.63) is 46.4 Å². The summed E-state index contributed by atoms with van der Waals surface area (Å²) in [7, 11) is 1.28. The Morgan fingerprint density at radius 2 is 2.28 bits per heavy atom. The molecule has 0 heterocycles. The number of ether oxygens (including phenoxy) is 2. The van der Waals surface area contributed by atoms with Gasteiger partial charge >= 0.3 is 5.97 Å². The van der Waals surface area contributed by atoms with Crippen LogP contribution in [0.5, 0.6) is 5.75 Å². The minimum absolute atomic E-state index is 0.238. The molecule has 1 rings (SSSR count). The van der Waals surface area contributed by atoms with Gasteiger partial charge in [-0.05, 0) is 36.2 Å². The van der Waals surface area contributed by atoms with Crippen LogP contribution in [0.15, 0.2) is 35.5 Å². The number of hydrogen-bond acceptors (Lipinski definition) is 4. The van der Waals surface area contributed by atoms with Crippen LogP contribution in [0.3, 0.4) is 0 Å². The molecule has 0 N–H and O–H groups in total. The Kier molecular flexibility index (Phi) is 4.78. The first-order chi connectivity index (χ1) is 8.58. The Morgan fingerprint density at radius 1 is 1.56 bits per heavy atom. The van der Waals surface area contributed by atoms with E-state index in [2.05, 4.69) is 21.3 Å². The van der Waals surface area contributed by atoms with Crippen LogP contribution in [0.4, 0.5) is 5.69 Å². The van der Waals surface area contributed by atoms with Crippen LogP contribution in [0.25, 0.3) is 10.4 Å². The van der Waals surface area contributed by atoms with Crippen molar-refractivity contribution < 1.29 is 14.3 Å². The Labute approximate surface area is 104 Å². The van der Waals surface area contributed by atoms with Crippen LogP contribution < -0.4 is 4.74 Å². The van der Waals surface area contributed by atoms with E-state index in [9.17, 15) is 4.79 Å². The molecule has 18 heavy (non-hydrogen) atoms. The van der Waals surface area contributed by atoms with Crippen LogP contribution in [0.2, 0.25) is 0 Å². The molecule has 0 radical (unpaired) electrons. The first-order valence-electron chi connectivity index (χ1n) is 5.13. The highest BCUT2D eigenvalue weighted by Crippen LogP contribution is 2.29. The Balaban J connectivity index is 3.07. The number of esters is 1. The summed E-state index contributed by atoms with van der Waals surface area (Å²) < 4.78 is 9.98. The average molecular weight is 247 g/mol. The van der Waals surface area contributed by atoms with Crippen molar-refractivity contribution >= 4 is 11.7 Å². The molecule has 0 atom stereocenters. The van der Waals surface area contributed by atoms with E-state index in [4.69, 9.17) is 10.3 Å². The van der Waals surface area contributed by atoms with Crippen molar-refractivity contribution in [3.63, 3.8) is 0 Å². The number of carbonyl (C=O) groups is 1. The van der Waals surface area contributed by atoms with Crippen LogP contribution in [-0.4, -0.2) is 19.7 Å². The van der Waals surface area contributed by atoms with Crippen LogP contribution in [0.1, 0.15) is 17.3 Å². The zero-order valence-corrected chi connectivity index (χ0v) is 10.2. The maximum Gasteiger partial charge on any atom is 0.337 e. The van der Waals surface area contributed by atoms with Gasteiger partial charge in [0.2, 0.25) is 0 Å². The molecule has 0 aliphatic carbocycles. The number of benzene rings is 1. The minimum atomic E-state index is -0.504. The smallest absolute Gasteiger partial charge is 0.337 e. The lowest BCUT2D eigenvalue weighted by Crippen LogP contribution is -2.02. The fourth-order valence-electron chi connectivity index (χ4n) is 1.21. The van der Waals surface area contributed by atoms with E-state index in [0.29, 0.717) is 17.9 Å². The molecule has 0 saturated heterocycles. The summed E-state index contributed by atoms with van der Waals surface area (Å²) >= 11 is 0. The van der Waals surface area contributed by atoms with E-state index in [1.807, 2.05) is 6.92 Å². The molecule has 0 aliphatic heterocycles. The molecule has 0 bridgehead atoms. The molecular weight excluding hydrogens is 234 g/mol. The molecule has 0 saturated carbocycles. The predicted molar refractivity (Wildman–Crippen MR) is 66.9 cm³/mol. The third kappa shape index (κ3) is 3.54. The predicted octanol–water partition coefficient (Wildman–Crippen LogP) is 3.37. The summed E-state index contributed by atoms with van der Waals surface area (Å²) in [4.78, 5) is 14.0. The Morgan fingerprint density at radius 3 is 2.83 bits per heavy atom. The minimum Gasteiger partial charge on any atom is -0.489 e. The normalized spacial score (nSPS) is 9.22. The number of carbonyl (C=O) groups excluding carboxylic acids is 1. The van der Waals surface area contributed by atoms with Gasteiger partial charge in [-0.3, -0.25) is 0 Å². The summed E-state index contributed by atoms with van der Waals surface area (Å²) in [5.41, 5.74) is 9.84. The van der Waals surface area contributed by atoms with Crippen molar-refractivity contribution in [2.24, 2.45) is 5.11 Å². The number of methoxy groups -OCH3 is 1. The van der Waals surface area contributed by atoms with Gasteiger partial charge in [-0.2, -0.15) is 0 Å². The quantitative estimate of drug-likeness (QED) is 0.263. The van der Waals surface area contributed by atoms with E-state index in [1.165, 1.54) is 19.2 Å². The summed E-state index contributed by atoms with van der Waals surface area (Å²) in [5.74, 6) is -0.112. The van der Waals surface area contributed by atoms with Crippen molar-refractivity contribution in [2.75, 3.05) is 13.7 Å². The highest BCUT2D eigenvalue weighted by Gasteiger charge is 2.09. The van der Waals surface area contributed by atoms with Crippen molar-refractivity contribution in [1.29, 1.82) is 0 Å². The molecule has 0 amide bonds. The van der Waals surface area contributed by atoms with E-state index in [1.54, 1.807) is 6.07 Å². The second-order valence-corrected chi connectivity index (χ2v) is 3.61. The summed E-state index contributed by atoms with van der Waals surface area (Å²) in [5, 5.41) is 3.48. The van der Waals surface area contributed by atoms with E-state index in [0.717, 1.165) is 5.57 Å². The second kappa shape index (κ2) is 6.32. The second-order valence-electron chi connectivity index (χ2n) is 3.61. The first-order valence-corrected chi connectivity index (χ1v) is 5.13. The monoisotopic (exact) mass is 247 g/mol. The Bertz CT molecular complexity index is 519. The van der Waals surface area contributed by atoms with Gasteiger partial charge in [0.25, 0.3) is 0 Å². The van der Waals surface area contributed by atoms with Crippen LogP contribution >= 0.6 is 0 Å². The third-order valence-electron chi connectivity index (χ3n) is 2.01. The number of azide groups is 1. The number of nitrogens with zero attached hydrogens (tertiary/aromatic N) is 3. The highest BCUT2D eigenvalue weighted by atomic mass is 16.5.